The van der Waals surface area contributed by atoms with Crippen LogP contribution in [0.1, 0.15) is 29.6 Å². The molecular formula is C17H21ClN2O3. The fourth-order valence-corrected chi connectivity index (χ4v) is 3.17. The van der Waals surface area contributed by atoms with Crippen molar-refractivity contribution in [3.63, 3.8) is 0 Å². The van der Waals surface area contributed by atoms with E-state index in [9.17, 15) is 9.59 Å². The molecular weight excluding hydrogens is 316 g/mol. The van der Waals surface area contributed by atoms with Crippen molar-refractivity contribution in [2.45, 2.75) is 19.3 Å². The molecule has 1 saturated heterocycles. The van der Waals surface area contributed by atoms with Gasteiger partial charge in [-0.1, -0.05) is 11.6 Å². The maximum absolute atomic E-state index is 12.7. The molecule has 0 radical (unpaired) electrons. The highest BCUT2D eigenvalue weighted by Crippen LogP contribution is 2.31. The Morgan fingerprint density at radius 2 is 1.83 bits per heavy atom. The number of rotatable bonds is 3. The first-order valence-corrected chi connectivity index (χ1v) is 8.39. The van der Waals surface area contributed by atoms with Crippen LogP contribution < -0.4 is 4.74 Å². The molecule has 0 N–H and O–H groups in total. The highest BCUT2D eigenvalue weighted by molar-refractivity contribution is 6.32. The van der Waals surface area contributed by atoms with Crippen LogP contribution in [0.15, 0.2) is 18.2 Å². The van der Waals surface area contributed by atoms with E-state index in [2.05, 4.69) is 0 Å². The quantitative estimate of drug-likeness (QED) is 0.851. The number of nitrogens with zero attached hydrogens (tertiary/aromatic N) is 2. The summed E-state index contributed by atoms with van der Waals surface area (Å²) in [6, 6.07) is 5.07. The molecule has 1 saturated carbocycles. The van der Waals surface area contributed by atoms with Crippen LogP contribution in [-0.4, -0.2) is 54.9 Å². The second-order valence-corrected chi connectivity index (χ2v) is 6.50. The van der Waals surface area contributed by atoms with Crippen molar-refractivity contribution < 1.29 is 14.3 Å². The first-order chi connectivity index (χ1) is 11.1. The summed E-state index contributed by atoms with van der Waals surface area (Å²) in [5, 5.41) is 0.429. The van der Waals surface area contributed by atoms with Crippen LogP contribution in [0.5, 0.6) is 5.75 Å². The molecule has 23 heavy (non-hydrogen) atoms. The zero-order chi connectivity index (χ0) is 16.4. The number of benzene rings is 1. The van der Waals surface area contributed by atoms with Gasteiger partial charge in [0.05, 0.1) is 12.1 Å². The molecule has 1 heterocycles. The smallest absolute Gasteiger partial charge is 0.253 e. The predicted molar refractivity (Wildman–Crippen MR) is 87.8 cm³/mol. The number of carbonyl (C=O) groups is 2. The second-order valence-electron chi connectivity index (χ2n) is 6.09. The van der Waals surface area contributed by atoms with Gasteiger partial charge in [0, 0.05) is 37.7 Å². The van der Waals surface area contributed by atoms with Crippen LogP contribution in [0.2, 0.25) is 5.02 Å². The Hall–Kier alpha value is -1.75. The van der Waals surface area contributed by atoms with Gasteiger partial charge in [0.25, 0.3) is 5.91 Å². The third-order valence-electron chi connectivity index (χ3n) is 4.42. The molecule has 5 nitrogen and oxygen atoms in total. The maximum atomic E-state index is 12.7. The molecule has 3 rings (SSSR count). The standard InChI is InChI=1S/C17H21ClN2O3/c1-23-15-6-5-13(11-14(15)18)17(22)20-8-2-7-19(9-10-20)16(21)12-3-4-12/h5-6,11-12H,2-4,7-10H2,1H3. The molecule has 1 aromatic rings. The number of amides is 2. The van der Waals surface area contributed by atoms with Gasteiger partial charge in [-0.3, -0.25) is 9.59 Å². The molecule has 2 fully saturated rings. The van der Waals surface area contributed by atoms with Crippen molar-refractivity contribution in [1.29, 1.82) is 0 Å². The summed E-state index contributed by atoms with van der Waals surface area (Å²) in [7, 11) is 1.54. The van der Waals surface area contributed by atoms with Gasteiger partial charge < -0.3 is 14.5 Å². The number of carbonyl (C=O) groups excluding carboxylic acids is 2. The number of hydrogen-bond acceptors (Lipinski definition) is 3. The summed E-state index contributed by atoms with van der Waals surface area (Å²) >= 11 is 6.10. The Kier molecular flexibility index (Phi) is 4.76. The second kappa shape index (κ2) is 6.79. The summed E-state index contributed by atoms with van der Waals surface area (Å²) in [4.78, 5) is 28.5. The highest BCUT2D eigenvalue weighted by atomic mass is 35.5. The van der Waals surface area contributed by atoms with Gasteiger partial charge >= 0.3 is 0 Å². The average molecular weight is 337 g/mol. The van der Waals surface area contributed by atoms with Crippen molar-refractivity contribution in [1.82, 2.24) is 9.80 Å². The van der Waals surface area contributed by atoms with Crippen LogP contribution in [0.25, 0.3) is 0 Å². The Balaban J connectivity index is 1.65. The van der Waals surface area contributed by atoms with Gasteiger partial charge in [-0.05, 0) is 37.5 Å². The molecule has 1 aliphatic carbocycles. The van der Waals surface area contributed by atoms with Gasteiger partial charge in [0.2, 0.25) is 5.91 Å². The summed E-state index contributed by atoms with van der Waals surface area (Å²) in [6.45, 7) is 2.59. The van der Waals surface area contributed by atoms with E-state index < -0.39 is 0 Å². The Bertz CT molecular complexity index is 616. The SMILES string of the molecule is COc1ccc(C(=O)N2CCCN(C(=O)C3CC3)CC2)cc1Cl. The zero-order valence-electron chi connectivity index (χ0n) is 13.3. The van der Waals surface area contributed by atoms with Crippen molar-refractivity contribution in [3.8, 4) is 5.75 Å². The highest BCUT2D eigenvalue weighted by Gasteiger charge is 2.34. The monoisotopic (exact) mass is 336 g/mol. The average Bonchev–Trinajstić information content (AvgIpc) is 3.39. The summed E-state index contributed by atoms with van der Waals surface area (Å²) in [6.07, 6.45) is 2.85. The third kappa shape index (κ3) is 3.61. The normalized spacial score (nSPS) is 18.5. The zero-order valence-corrected chi connectivity index (χ0v) is 14.0. The first kappa shape index (κ1) is 16.1. The molecule has 2 aliphatic rings. The molecule has 0 bridgehead atoms. The number of ether oxygens (including phenoxy) is 1. The van der Waals surface area contributed by atoms with Gasteiger partial charge in [0.1, 0.15) is 5.75 Å². The minimum absolute atomic E-state index is 0.0460. The van der Waals surface area contributed by atoms with Crippen molar-refractivity contribution in [2.75, 3.05) is 33.3 Å². The summed E-state index contributed by atoms with van der Waals surface area (Å²) in [5.41, 5.74) is 0.553. The van der Waals surface area contributed by atoms with Crippen LogP contribution in [0.4, 0.5) is 0 Å². The predicted octanol–water partition coefficient (Wildman–Crippen LogP) is 2.43. The molecule has 1 aromatic carbocycles. The number of hydrogen-bond donors (Lipinski definition) is 0. The van der Waals surface area contributed by atoms with Crippen molar-refractivity contribution in [3.05, 3.63) is 28.8 Å². The Morgan fingerprint density at radius 1 is 1.13 bits per heavy atom. The molecule has 0 atom stereocenters. The van der Waals surface area contributed by atoms with Crippen LogP contribution in [0.3, 0.4) is 0 Å². The van der Waals surface area contributed by atoms with E-state index in [1.807, 2.05) is 4.90 Å². The molecule has 124 valence electrons. The van der Waals surface area contributed by atoms with E-state index in [1.54, 1.807) is 30.2 Å². The van der Waals surface area contributed by atoms with E-state index in [0.29, 0.717) is 36.0 Å². The maximum Gasteiger partial charge on any atom is 0.253 e. The number of halogens is 1. The lowest BCUT2D eigenvalue weighted by atomic mass is 10.2. The Labute approximate surface area is 141 Å². The fraction of sp³-hybridized carbons (Fsp3) is 0.529. The minimum atomic E-state index is -0.0460. The molecule has 0 spiro atoms. The van der Waals surface area contributed by atoms with E-state index in [4.69, 9.17) is 16.3 Å². The lowest BCUT2D eigenvalue weighted by Gasteiger charge is -2.22. The topological polar surface area (TPSA) is 49.9 Å². The third-order valence-corrected chi connectivity index (χ3v) is 4.72. The minimum Gasteiger partial charge on any atom is -0.495 e. The lowest BCUT2D eigenvalue weighted by molar-refractivity contribution is -0.132. The molecule has 0 aromatic heterocycles. The molecule has 1 aliphatic heterocycles. The van der Waals surface area contributed by atoms with Crippen LogP contribution >= 0.6 is 11.6 Å². The molecule has 6 heteroatoms. The van der Waals surface area contributed by atoms with Gasteiger partial charge in [-0.25, -0.2) is 0 Å². The summed E-state index contributed by atoms with van der Waals surface area (Å²) in [5.74, 6) is 1.000. The molecule has 2 amide bonds. The summed E-state index contributed by atoms with van der Waals surface area (Å²) < 4.78 is 5.11. The fourth-order valence-electron chi connectivity index (χ4n) is 2.91. The van der Waals surface area contributed by atoms with Crippen molar-refractivity contribution in [2.24, 2.45) is 5.92 Å². The number of methoxy groups -OCH3 is 1. The first-order valence-electron chi connectivity index (χ1n) is 8.01. The van der Waals surface area contributed by atoms with E-state index >= 15 is 0 Å². The largest absolute Gasteiger partial charge is 0.495 e. The van der Waals surface area contributed by atoms with E-state index in [1.165, 1.54) is 0 Å². The van der Waals surface area contributed by atoms with Crippen LogP contribution in [-0.2, 0) is 4.79 Å². The van der Waals surface area contributed by atoms with Gasteiger partial charge in [0.15, 0.2) is 0 Å². The lowest BCUT2D eigenvalue weighted by Crippen LogP contribution is -2.38. The Morgan fingerprint density at radius 3 is 2.48 bits per heavy atom. The molecule has 0 unspecified atom stereocenters. The van der Waals surface area contributed by atoms with Crippen molar-refractivity contribution >= 4 is 23.4 Å². The van der Waals surface area contributed by atoms with Gasteiger partial charge in [-0.15, -0.1) is 0 Å². The van der Waals surface area contributed by atoms with Crippen LogP contribution in [0, 0.1) is 5.92 Å². The van der Waals surface area contributed by atoms with Gasteiger partial charge in [-0.2, -0.15) is 0 Å². The van der Waals surface area contributed by atoms with E-state index in [0.717, 1.165) is 25.8 Å². The van der Waals surface area contributed by atoms with E-state index in [-0.39, 0.29) is 17.7 Å².